The summed E-state index contributed by atoms with van der Waals surface area (Å²) in [6.07, 6.45) is 14.8. The maximum absolute atomic E-state index is 15.6. The zero-order valence-corrected chi connectivity index (χ0v) is 23.7. The van der Waals surface area contributed by atoms with Gasteiger partial charge < -0.3 is 4.42 Å². The highest BCUT2D eigenvalue weighted by Gasteiger charge is 2.32. The van der Waals surface area contributed by atoms with Crippen LogP contribution in [0.2, 0.25) is 0 Å². The molecule has 200 valence electrons. The van der Waals surface area contributed by atoms with Crippen molar-refractivity contribution in [3.63, 3.8) is 0 Å². The highest BCUT2D eigenvalue weighted by Crippen LogP contribution is 2.47. The van der Waals surface area contributed by atoms with E-state index in [4.69, 9.17) is 4.42 Å². The first-order chi connectivity index (χ1) is 18.4. The lowest BCUT2D eigenvalue weighted by Crippen LogP contribution is -2.31. The molecule has 0 amide bonds. The Balaban J connectivity index is 1.42. The highest BCUT2D eigenvalue weighted by atomic mass is 19.1. The van der Waals surface area contributed by atoms with Crippen LogP contribution in [0.15, 0.2) is 47.0 Å². The third-order valence-electron chi connectivity index (χ3n) is 9.61. The van der Waals surface area contributed by atoms with Crippen LogP contribution in [0.3, 0.4) is 0 Å². The molecule has 38 heavy (non-hydrogen) atoms. The van der Waals surface area contributed by atoms with E-state index >= 15 is 4.39 Å². The van der Waals surface area contributed by atoms with Crippen molar-refractivity contribution >= 4 is 21.9 Å². The normalized spacial score (nSPS) is 21.1. The first-order valence-corrected chi connectivity index (χ1v) is 15.0. The standard InChI is InChI=1S/C35H43FNO/c1-22(2)20-24-18-19-37(4)31(21-24)32-23(3)10-15-28-29-16-17-30(36)33(35(29)38-34(28)32)27-13-11-26(12-14-27)25-8-6-5-7-9-25/h10,15-19,21-22,25-27H,5-9,11-14,20H2,1-4H3/q+1. The average Bonchev–Trinajstić information content (AvgIpc) is 3.28. The second-order valence-electron chi connectivity index (χ2n) is 12.7. The van der Waals surface area contributed by atoms with Gasteiger partial charge in [-0.25, -0.2) is 8.96 Å². The van der Waals surface area contributed by atoms with Gasteiger partial charge in [0.2, 0.25) is 5.69 Å². The minimum atomic E-state index is -0.0968. The van der Waals surface area contributed by atoms with Gasteiger partial charge in [0, 0.05) is 28.5 Å². The molecule has 2 aromatic heterocycles. The van der Waals surface area contributed by atoms with Crippen LogP contribution in [-0.2, 0) is 13.5 Å². The first-order valence-electron chi connectivity index (χ1n) is 15.0. The molecule has 3 heteroatoms. The molecule has 2 saturated carbocycles. The highest BCUT2D eigenvalue weighted by molar-refractivity contribution is 6.10. The third-order valence-corrected chi connectivity index (χ3v) is 9.61. The van der Waals surface area contributed by atoms with E-state index in [2.05, 4.69) is 62.8 Å². The molecule has 0 radical (unpaired) electrons. The molecule has 0 atom stereocenters. The second kappa shape index (κ2) is 10.5. The predicted octanol–water partition coefficient (Wildman–Crippen LogP) is 9.58. The van der Waals surface area contributed by atoms with E-state index in [1.807, 2.05) is 6.07 Å². The number of nitrogens with zero attached hydrogens (tertiary/aromatic N) is 1. The Morgan fingerprint density at radius 1 is 0.868 bits per heavy atom. The molecule has 2 aliphatic carbocycles. The molecular weight excluding hydrogens is 469 g/mol. The topological polar surface area (TPSA) is 17.0 Å². The summed E-state index contributed by atoms with van der Waals surface area (Å²) in [6.45, 7) is 6.68. The van der Waals surface area contributed by atoms with Crippen LogP contribution in [-0.4, -0.2) is 0 Å². The summed E-state index contributed by atoms with van der Waals surface area (Å²) < 4.78 is 24.5. The summed E-state index contributed by atoms with van der Waals surface area (Å²) in [4.78, 5) is 0. The Morgan fingerprint density at radius 2 is 1.55 bits per heavy atom. The summed E-state index contributed by atoms with van der Waals surface area (Å²) in [7, 11) is 2.10. The summed E-state index contributed by atoms with van der Waals surface area (Å²) in [5, 5.41) is 2.14. The van der Waals surface area contributed by atoms with Crippen molar-refractivity contribution in [1.29, 1.82) is 0 Å². The van der Waals surface area contributed by atoms with E-state index < -0.39 is 0 Å². The molecule has 0 bridgehead atoms. The zero-order chi connectivity index (χ0) is 26.4. The van der Waals surface area contributed by atoms with Crippen LogP contribution in [0.4, 0.5) is 4.39 Å². The van der Waals surface area contributed by atoms with Crippen LogP contribution in [0.25, 0.3) is 33.2 Å². The molecule has 2 fully saturated rings. The SMILES string of the molecule is Cc1ccc2c(oc3c(C4CCC(C5CCCCC5)CC4)c(F)ccc32)c1-c1cc(CC(C)C)cc[n+]1C. The van der Waals surface area contributed by atoms with Crippen LogP contribution >= 0.6 is 0 Å². The van der Waals surface area contributed by atoms with Gasteiger partial charge in [0.25, 0.3) is 0 Å². The Labute approximate surface area is 227 Å². The van der Waals surface area contributed by atoms with Crippen molar-refractivity contribution in [3.8, 4) is 11.3 Å². The first kappa shape index (κ1) is 25.6. The number of aromatic nitrogens is 1. The van der Waals surface area contributed by atoms with Gasteiger partial charge in [-0.1, -0.05) is 58.1 Å². The quantitative estimate of drug-likeness (QED) is 0.243. The van der Waals surface area contributed by atoms with Crippen molar-refractivity contribution in [2.24, 2.45) is 24.8 Å². The van der Waals surface area contributed by atoms with E-state index in [0.29, 0.717) is 5.92 Å². The molecule has 6 rings (SSSR count). The van der Waals surface area contributed by atoms with Crippen LogP contribution < -0.4 is 4.57 Å². The van der Waals surface area contributed by atoms with Gasteiger partial charge in [0.1, 0.15) is 24.0 Å². The molecule has 2 aromatic carbocycles. The Bertz CT molecular complexity index is 1450. The Hall–Kier alpha value is -2.68. The van der Waals surface area contributed by atoms with Gasteiger partial charge in [-0.05, 0) is 86.0 Å². The molecule has 0 saturated heterocycles. The summed E-state index contributed by atoms with van der Waals surface area (Å²) in [6, 6.07) is 12.5. The fourth-order valence-corrected chi connectivity index (χ4v) is 7.64. The number of rotatable bonds is 5. The lowest BCUT2D eigenvalue weighted by atomic mass is 9.70. The van der Waals surface area contributed by atoms with E-state index in [1.165, 1.54) is 56.1 Å². The Kier molecular flexibility index (Phi) is 7.05. The molecule has 0 spiro atoms. The van der Waals surface area contributed by atoms with E-state index in [-0.39, 0.29) is 11.7 Å². The molecular formula is C35H43FNO+. The van der Waals surface area contributed by atoms with Gasteiger partial charge in [-0.3, -0.25) is 0 Å². The van der Waals surface area contributed by atoms with Gasteiger partial charge >= 0.3 is 0 Å². The number of hydrogen-bond donors (Lipinski definition) is 0. The molecule has 2 nitrogen and oxygen atoms in total. The van der Waals surface area contributed by atoms with Gasteiger partial charge in [-0.2, -0.15) is 0 Å². The Morgan fingerprint density at radius 3 is 2.29 bits per heavy atom. The summed E-state index contributed by atoms with van der Waals surface area (Å²) in [5.74, 6) is 2.47. The lowest BCUT2D eigenvalue weighted by Gasteiger charge is -2.36. The second-order valence-corrected chi connectivity index (χ2v) is 12.7. The van der Waals surface area contributed by atoms with Crippen molar-refractivity contribution in [1.82, 2.24) is 0 Å². The number of pyridine rings is 1. The maximum Gasteiger partial charge on any atom is 0.216 e. The number of fused-ring (bicyclic) bond motifs is 3. The number of benzene rings is 2. The van der Waals surface area contributed by atoms with Crippen LogP contribution in [0, 0.1) is 30.5 Å². The van der Waals surface area contributed by atoms with Gasteiger partial charge in [0.15, 0.2) is 6.20 Å². The molecule has 0 aliphatic heterocycles. The largest absolute Gasteiger partial charge is 0.455 e. The number of halogens is 1. The van der Waals surface area contributed by atoms with E-state index in [1.54, 1.807) is 6.07 Å². The van der Waals surface area contributed by atoms with E-state index in [0.717, 1.165) is 69.9 Å². The van der Waals surface area contributed by atoms with Gasteiger partial charge in [0.05, 0.1) is 5.56 Å². The minimum absolute atomic E-state index is 0.0968. The monoisotopic (exact) mass is 512 g/mol. The fraction of sp³-hybridized carbons (Fsp3) is 0.514. The van der Waals surface area contributed by atoms with Crippen molar-refractivity contribution in [3.05, 3.63) is 65.1 Å². The summed E-state index contributed by atoms with van der Waals surface area (Å²) >= 11 is 0. The molecule has 2 heterocycles. The molecule has 4 aromatic rings. The van der Waals surface area contributed by atoms with Crippen molar-refractivity contribution in [2.45, 2.75) is 90.9 Å². The minimum Gasteiger partial charge on any atom is -0.455 e. The fourth-order valence-electron chi connectivity index (χ4n) is 7.64. The van der Waals surface area contributed by atoms with Crippen molar-refractivity contribution < 1.29 is 13.4 Å². The van der Waals surface area contributed by atoms with Crippen LogP contribution in [0.5, 0.6) is 0 Å². The van der Waals surface area contributed by atoms with Gasteiger partial charge in [-0.15, -0.1) is 0 Å². The smallest absolute Gasteiger partial charge is 0.216 e. The molecule has 2 aliphatic rings. The predicted molar refractivity (Wildman–Crippen MR) is 155 cm³/mol. The van der Waals surface area contributed by atoms with Crippen molar-refractivity contribution in [2.75, 3.05) is 0 Å². The lowest BCUT2D eigenvalue weighted by molar-refractivity contribution is -0.660. The molecule has 0 N–H and O–H groups in total. The number of hydrogen-bond acceptors (Lipinski definition) is 1. The summed E-state index contributed by atoms with van der Waals surface area (Å²) in [5.41, 5.74) is 7.28. The molecule has 0 unspecified atom stereocenters. The zero-order valence-electron chi connectivity index (χ0n) is 23.7. The average molecular weight is 513 g/mol. The third kappa shape index (κ3) is 4.67. The van der Waals surface area contributed by atoms with Crippen LogP contribution in [0.1, 0.15) is 94.2 Å². The number of furan rings is 1. The number of aryl methyl sites for hydroxylation is 2. The maximum atomic E-state index is 15.6. The van der Waals surface area contributed by atoms with E-state index in [9.17, 15) is 0 Å².